The molecule has 2 N–H and O–H groups in total. The number of carbonyl (C=O) groups is 1. The van der Waals surface area contributed by atoms with E-state index >= 15 is 0 Å². The highest BCUT2D eigenvalue weighted by molar-refractivity contribution is 6.06. The second kappa shape index (κ2) is 6.31. The number of amides is 1. The summed E-state index contributed by atoms with van der Waals surface area (Å²) in [7, 11) is 0. The fraction of sp³-hybridized carbons (Fsp3) is 0.278. The monoisotopic (exact) mass is 321 g/mol. The third-order valence-electron chi connectivity index (χ3n) is 4.54. The Labute approximate surface area is 139 Å². The maximum atomic E-state index is 12.8. The Balaban J connectivity index is 1.41. The number of rotatable bonds is 3. The molecule has 3 aromatic rings. The maximum Gasteiger partial charge on any atom is 0.256 e. The minimum Gasteiger partial charge on any atom is -0.367 e. The average molecular weight is 321 g/mol. The van der Waals surface area contributed by atoms with Crippen LogP contribution in [0.3, 0.4) is 0 Å². The molecule has 1 aliphatic rings. The molecular formula is C18H19N5O. The molecule has 0 bridgehead atoms. The fourth-order valence-electron chi connectivity index (χ4n) is 3.23. The van der Waals surface area contributed by atoms with Gasteiger partial charge in [-0.3, -0.25) is 4.79 Å². The van der Waals surface area contributed by atoms with Crippen molar-refractivity contribution >= 4 is 22.6 Å². The van der Waals surface area contributed by atoms with Gasteiger partial charge in [-0.1, -0.05) is 18.2 Å². The third kappa shape index (κ3) is 2.82. The predicted molar refractivity (Wildman–Crippen MR) is 92.9 cm³/mol. The van der Waals surface area contributed by atoms with Crippen LogP contribution in [0.2, 0.25) is 0 Å². The van der Waals surface area contributed by atoms with Gasteiger partial charge in [0.2, 0.25) is 0 Å². The lowest BCUT2D eigenvalue weighted by Gasteiger charge is -2.32. The van der Waals surface area contributed by atoms with Gasteiger partial charge in [0.1, 0.15) is 12.1 Å². The van der Waals surface area contributed by atoms with Gasteiger partial charge in [0.15, 0.2) is 0 Å². The van der Waals surface area contributed by atoms with Gasteiger partial charge in [0.25, 0.3) is 5.91 Å². The number of hydrogen-bond donors (Lipinski definition) is 2. The number of piperidine rings is 1. The van der Waals surface area contributed by atoms with Crippen molar-refractivity contribution in [1.82, 2.24) is 19.9 Å². The Kier molecular flexibility index (Phi) is 3.86. The van der Waals surface area contributed by atoms with Crippen molar-refractivity contribution in [2.75, 3.05) is 18.4 Å². The number of fused-ring (bicyclic) bond motifs is 1. The van der Waals surface area contributed by atoms with Gasteiger partial charge in [0, 0.05) is 42.4 Å². The zero-order chi connectivity index (χ0) is 16.4. The highest BCUT2D eigenvalue weighted by atomic mass is 16.2. The minimum atomic E-state index is 0.105. The topological polar surface area (TPSA) is 73.9 Å². The number of carbonyl (C=O) groups excluding carboxylic acids is 1. The number of H-pyrrole nitrogens is 1. The van der Waals surface area contributed by atoms with E-state index < -0.39 is 0 Å². The molecule has 0 saturated carbocycles. The summed E-state index contributed by atoms with van der Waals surface area (Å²) in [6, 6.07) is 10.1. The molecule has 1 aromatic carbocycles. The number of hydrogen-bond acceptors (Lipinski definition) is 4. The van der Waals surface area contributed by atoms with E-state index in [9.17, 15) is 4.79 Å². The van der Waals surface area contributed by atoms with Crippen LogP contribution in [-0.2, 0) is 0 Å². The molecule has 1 aliphatic heterocycles. The third-order valence-corrected chi connectivity index (χ3v) is 4.54. The molecule has 1 amide bonds. The van der Waals surface area contributed by atoms with Crippen molar-refractivity contribution in [1.29, 1.82) is 0 Å². The molecule has 2 aromatic heterocycles. The normalized spacial score (nSPS) is 15.6. The Bertz CT molecular complexity index is 837. The summed E-state index contributed by atoms with van der Waals surface area (Å²) in [4.78, 5) is 26.0. The van der Waals surface area contributed by atoms with E-state index in [0.29, 0.717) is 6.04 Å². The number of nitrogens with one attached hydrogen (secondary N) is 2. The summed E-state index contributed by atoms with van der Waals surface area (Å²) < 4.78 is 0. The lowest BCUT2D eigenvalue weighted by Crippen LogP contribution is -2.42. The standard InChI is InChI=1S/C18H19N5O/c24-18(15-11-20-16-4-2-1-3-14(15)16)23-9-6-13(7-10-23)22-17-5-8-19-12-21-17/h1-5,8,11-13,20H,6-7,9-10H2,(H,19,21,22). The van der Waals surface area contributed by atoms with Crippen LogP contribution in [0.4, 0.5) is 5.82 Å². The maximum absolute atomic E-state index is 12.8. The molecule has 6 nitrogen and oxygen atoms in total. The molecule has 0 spiro atoms. The second-order valence-corrected chi connectivity index (χ2v) is 6.05. The van der Waals surface area contributed by atoms with Crippen molar-refractivity contribution in [2.45, 2.75) is 18.9 Å². The van der Waals surface area contributed by atoms with Crippen LogP contribution >= 0.6 is 0 Å². The molecule has 122 valence electrons. The summed E-state index contributed by atoms with van der Waals surface area (Å²) in [6.45, 7) is 1.50. The Hall–Kier alpha value is -2.89. The molecule has 0 atom stereocenters. The molecule has 1 fully saturated rings. The smallest absolute Gasteiger partial charge is 0.256 e. The quantitative estimate of drug-likeness (QED) is 0.778. The van der Waals surface area contributed by atoms with E-state index in [0.717, 1.165) is 48.2 Å². The summed E-state index contributed by atoms with van der Waals surface area (Å²) in [5, 5.41) is 4.40. The molecule has 4 rings (SSSR count). The van der Waals surface area contributed by atoms with Crippen LogP contribution in [0.1, 0.15) is 23.2 Å². The lowest BCUT2D eigenvalue weighted by atomic mass is 10.0. The van der Waals surface area contributed by atoms with Gasteiger partial charge in [-0.25, -0.2) is 9.97 Å². The van der Waals surface area contributed by atoms with Crippen LogP contribution in [0.5, 0.6) is 0 Å². The van der Waals surface area contributed by atoms with Crippen molar-refractivity contribution < 1.29 is 4.79 Å². The van der Waals surface area contributed by atoms with Gasteiger partial charge < -0.3 is 15.2 Å². The van der Waals surface area contributed by atoms with Crippen LogP contribution < -0.4 is 5.32 Å². The van der Waals surface area contributed by atoms with E-state index in [1.165, 1.54) is 6.33 Å². The highest BCUT2D eigenvalue weighted by Gasteiger charge is 2.25. The zero-order valence-corrected chi connectivity index (χ0v) is 13.3. The molecule has 3 heterocycles. The number of likely N-dealkylation sites (tertiary alicyclic amines) is 1. The first-order valence-corrected chi connectivity index (χ1v) is 8.19. The first-order valence-electron chi connectivity index (χ1n) is 8.19. The van der Waals surface area contributed by atoms with Gasteiger partial charge in [-0.2, -0.15) is 0 Å². The van der Waals surface area contributed by atoms with Crippen molar-refractivity contribution in [3.05, 3.63) is 54.6 Å². The molecule has 6 heteroatoms. The predicted octanol–water partition coefficient (Wildman–Crippen LogP) is 2.67. The van der Waals surface area contributed by atoms with Gasteiger partial charge >= 0.3 is 0 Å². The Morgan fingerprint density at radius 1 is 1.21 bits per heavy atom. The van der Waals surface area contributed by atoms with E-state index in [-0.39, 0.29) is 5.91 Å². The molecule has 24 heavy (non-hydrogen) atoms. The summed E-state index contributed by atoms with van der Waals surface area (Å²) in [6.07, 6.45) is 6.91. The SMILES string of the molecule is O=C(c1c[nH]c2ccccc12)N1CCC(Nc2ccncn2)CC1. The highest BCUT2D eigenvalue weighted by Crippen LogP contribution is 2.22. The van der Waals surface area contributed by atoms with Crippen molar-refractivity contribution in [3.63, 3.8) is 0 Å². The number of benzene rings is 1. The zero-order valence-electron chi connectivity index (χ0n) is 13.3. The van der Waals surface area contributed by atoms with Crippen LogP contribution in [0, 0.1) is 0 Å². The van der Waals surface area contributed by atoms with Gasteiger partial charge in [-0.15, -0.1) is 0 Å². The summed E-state index contributed by atoms with van der Waals surface area (Å²) in [5.74, 6) is 0.944. The number of anilines is 1. The number of aromatic nitrogens is 3. The van der Waals surface area contributed by atoms with Crippen LogP contribution in [-0.4, -0.2) is 44.9 Å². The minimum absolute atomic E-state index is 0.105. The number of aromatic amines is 1. The Morgan fingerprint density at radius 2 is 2.04 bits per heavy atom. The summed E-state index contributed by atoms with van der Waals surface area (Å²) in [5.41, 5.74) is 1.76. The van der Waals surface area contributed by atoms with Crippen molar-refractivity contribution in [2.24, 2.45) is 0 Å². The van der Waals surface area contributed by atoms with Crippen molar-refractivity contribution in [3.8, 4) is 0 Å². The first-order chi connectivity index (χ1) is 11.8. The number of para-hydroxylation sites is 1. The van der Waals surface area contributed by atoms with Gasteiger partial charge in [-0.05, 0) is 25.0 Å². The van der Waals surface area contributed by atoms with Crippen LogP contribution in [0.25, 0.3) is 10.9 Å². The van der Waals surface area contributed by atoms with Crippen LogP contribution in [0.15, 0.2) is 49.1 Å². The Morgan fingerprint density at radius 3 is 2.83 bits per heavy atom. The molecular weight excluding hydrogens is 302 g/mol. The molecule has 0 radical (unpaired) electrons. The largest absolute Gasteiger partial charge is 0.367 e. The number of nitrogens with zero attached hydrogens (tertiary/aromatic N) is 3. The van der Waals surface area contributed by atoms with E-state index in [1.807, 2.05) is 41.4 Å². The van der Waals surface area contributed by atoms with E-state index in [4.69, 9.17) is 0 Å². The molecule has 0 aliphatic carbocycles. The first kappa shape index (κ1) is 14.7. The van der Waals surface area contributed by atoms with Gasteiger partial charge in [0.05, 0.1) is 5.56 Å². The van der Waals surface area contributed by atoms with E-state index in [1.54, 1.807) is 6.20 Å². The molecule has 0 unspecified atom stereocenters. The fourth-order valence-corrected chi connectivity index (χ4v) is 3.23. The average Bonchev–Trinajstić information content (AvgIpc) is 3.07. The lowest BCUT2D eigenvalue weighted by molar-refractivity contribution is 0.0720. The molecule has 1 saturated heterocycles. The second-order valence-electron chi connectivity index (χ2n) is 6.05. The van der Waals surface area contributed by atoms with E-state index in [2.05, 4.69) is 20.3 Å². The summed E-state index contributed by atoms with van der Waals surface area (Å²) >= 11 is 0.